The van der Waals surface area contributed by atoms with Gasteiger partial charge in [0.1, 0.15) is 0 Å². The number of methoxy groups -OCH3 is 1. The third kappa shape index (κ3) is 3.58. The minimum Gasteiger partial charge on any atom is -0.381 e. The second-order valence-electron chi connectivity index (χ2n) is 3.16. The zero-order valence-electron chi connectivity index (χ0n) is 8.49. The maximum absolute atomic E-state index is 11.4. The van der Waals surface area contributed by atoms with Crippen molar-refractivity contribution in [3.05, 3.63) is 30.3 Å². The van der Waals surface area contributed by atoms with Crippen molar-refractivity contribution in [3.63, 3.8) is 0 Å². The van der Waals surface area contributed by atoms with Crippen LogP contribution in [0.25, 0.3) is 0 Å². The van der Waals surface area contributed by atoms with E-state index in [1.165, 1.54) is 0 Å². The molecule has 14 heavy (non-hydrogen) atoms. The minimum absolute atomic E-state index is 0.0226. The number of para-hydroxylation sites is 1. The summed E-state index contributed by atoms with van der Waals surface area (Å²) in [5, 5.41) is 2.79. The molecule has 1 aromatic rings. The fourth-order valence-electron chi connectivity index (χ4n) is 1.08. The highest BCUT2D eigenvalue weighted by Gasteiger charge is 2.07. The Balaban J connectivity index is 2.42. The molecule has 0 radical (unpaired) electrons. The molecule has 1 aromatic carbocycles. The summed E-state index contributed by atoms with van der Waals surface area (Å²) < 4.78 is 5.00. The van der Waals surface area contributed by atoms with Crippen molar-refractivity contribution in [1.29, 1.82) is 0 Å². The largest absolute Gasteiger partial charge is 0.381 e. The highest BCUT2D eigenvalue weighted by atomic mass is 16.5. The van der Waals surface area contributed by atoms with Crippen LogP contribution in [0.3, 0.4) is 0 Å². The molecule has 1 rings (SSSR count). The van der Waals surface area contributed by atoms with Crippen LogP contribution in [0.15, 0.2) is 30.3 Å². The van der Waals surface area contributed by atoms with Gasteiger partial charge in [-0.2, -0.15) is 0 Å². The fraction of sp³-hybridized carbons (Fsp3) is 0.364. The first-order valence-corrected chi connectivity index (χ1v) is 4.60. The van der Waals surface area contributed by atoms with E-state index in [1.807, 2.05) is 37.3 Å². The van der Waals surface area contributed by atoms with Crippen molar-refractivity contribution in [2.75, 3.05) is 12.4 Å². The quantitative estimate of drug-likeness (QED) is 0.794. The Kier molecular flexibility index (Phi) is 4.13. The number of carbonyl (C=O) groups excluding carboxylic acids is 1. The molecule has 1 amide bonds. The second kappa shape index (κ2) is 5.40. The number of hydrogen-bond donors (Lipinski definition) is 1. The van der Waals surface area contributed by atoms with Crippen LogP contribution in [0.5, 0.6) is 0 Å². The first-order chi connectivity index (χ1) is 6.72. The molecule has 3 nitrogen and oxygen atoms in total. The highest BCUT2D eigenvalue weighted by Crippen LogP contribution is 2.06. The molecule has 3 heteroatoms. The predicted octanol–water partition coefficient (Wildman–Crippen LogP) is 2.05. The number of hydrogen-bond acceptors (Lipinski definition) is 2. The number of amides is 1. The maximum atomic E-state index is 11.4. The van der Waals surface area contributed by atoms with Crippen LogP contribution in [0.4, 0.5) is 5.69 Å². The van der Waals surface area contributed by atoms with Crippen molar-refractivity contribution in [2.24, 2.45) is 0 Å². The lowest BCUT2D eigenvalue weighted by Crippen LogP contribution is -2.18. The number of benzene rings is 1. The normalized spacial score (nSPS) is 12.1. The Morgan fingerprint density at radius 3 is 2.64 bits per heavy atom. The van der Waals surface area contributed by atoms with E-state index < -0.39 is 0 Å². The van der Waals surface area contributed by atoms with Crippen molar-refractivity contribution in [1.82, 2.24) is 0 Å². The molecule has 0 heterocycles. The molecule has 0 aromatic heterocycles. The van der Waals surface area contributed by atoms with E-state index in [-0.39, 0.29) is 12.0 Å². The molecule has 0 saturated heterocycles. The number of rotatable bonds is 4. The lowest BCUT2D eigenvalue weighted by atomic mass is 10.2. The summed E-state index contributed by atoms with van der Waals surface area (Å²) in [5.41, 5.74) is 0.820. The Morgan fingerprint density at radius 2 is 2.07 bits per heavy atom. The lowest BCUT2D eigenvalue weighted by Gasteiger charge is -2.09. The van der Waals surface area contributed by atoms with E-state index in [9.17, 15) is 4.79 Å². The van der Waals surface area contributed by atoms with Crippen LogP contribution >= 0.6 is 0 Å². The Labute approximate surface area is 84.1 Å². The van der Waals surface area contributed by atoms with Gasteiger partial charge in [-0.1, -0.05) is 18.2 Å². The van der Waals surface area contributed by atoms with Crippen LogP contribution < -0.4 is 5.32 Å². The van der Waals surface area contributed by atoms with Crippen molar-refractivity contribution < 1.29 is 9.53 Å². The van der Waals surface area contributed by atoms with Crippen molar-refractivity contribution in [3.8, 4) is 0 Å². The van der Waals surface area contributed by atoms with E-state index in [1.54, 1.807) is 7.11 Å². The van der Waals surface area contributed by atoms with Crippen molar-refractivity contribution >= 4 is 11.6 Å². The monoisotopic (exact) mass is 193 g/mol. The van der Waals surface area contributed by atoms with Crippen LogP contribution in [-0.4, -0.2) is 19.1 Å². The Morgan fingerprint density at radius 1 is 1.43 bits per heavy atom. The number of anilines is 1. The molecule has 0 aliphatic rings. The molecule has 1 unspecified atom stereocenters. The number of nitrogens with one attached hydrogen (secondary N) is 1. The second-order valence-corrected chi connectivity index (χ2v) is 3.16. The maximum Gasteiger partial charge on any atom is 0.226 e. The molecule has 0 bridgehead atoms. The molecular weight excluding hydrogens is 178 g/mol. The van der Waals surface area contributed by atoms with Gasteiger partial charge in [0.2, 0.25) is 5.91 Å². The summed E-state index contributed by atoms with van der Waals surface area (Å²) in [5.74, 6) is -0.0226. The predicted molar refractivity (Wildman–Crippen MR) is 56.2 cm³/mol. The Hall–Kier alpha value is -1.35. The smallest absolute Gasteiger partial charge is 0.226 e. The Bertz CT molecular complexity index is 285. The van der Waals surface area contributed by atoms with Crippen LogP contribution in [-0.2, 0) is 9.53 Å². The van der Waals surface area contributed by atoms with E-state index in [0.29, 0.717) is 6.42 Å². The topological polar surface area (TPSA) is 38.3 Å². The van der Waals surface area contributed by atoms with Crippen LogP contribution in [0, 0.1) is 0 Å². The summed E-state index contributed by atoms with van der Waals surface area (Å²) in [7, 11) is 1.60. The minimum atomic E-state index is -0.0429. The summed E-state index contributed by atoms with van der Waals surface area (Å²) in [6.07, 6.45) is 0.337. The molecule has 0 fully saturated rings. The van der Waals surface area contributed by atoms with Crippen LogP contribution in [0.2, 0.25) is 0 Å². The van der Waals surface area contributed by atoms with Gasteiger partial charge in [-0.05, 0) is 19.1 Å². The average molecular weight is 193 g/mol. The molecule has 76 valence electrons. The third-order valence-corrected chi connectivity index (χ3v) is 1.93. The first kappa shape index (κ1) is 10.7. The van der Waals surface area contributed by atoms with Gasteiger partial charge in [0.15, 0.2) is 0 Å². The van der Waals surface area contributed by atoms with Gasteiger partial charge >= 0.3 is 0 Å². The standard InChI is InChI=1S/C11H15NO2/c1-9(14-2)8-11(13)12-10-6-4-3-5-7-10/h3-7,9H,8H2,1-2H3,(H,12,13). The first-order valence-electron chi connectivity index (χ1n) is 4.60. The molecule has 1 N–H and O–H groups in total. The molecule has 0 aliphatic heterocycles. The lowest BCUT2D eigenvalue weighted by molar-refractivity contribution is -0.118. The van der Waals surface area contributed by atoms with Gasteiger partial charge in [-0.15, -0.1) is 0 Å². The molecular formula is C11H15NO2. The average Bonchev–Trinajstić information content (AvgIpc) is 2.19. The zero-order valence-corrected chi connectivity index (χ0v) is 8.49. The molecule has 0 saturated carbocycles. The summed E-state index contributed by atoms with van der Waals surface area (Å²) >= 11 is 0. The molecule has 0 spiro atoms. The van der Waals surface area contributed by atoms with Crippen molar-refractivity contribution in [2.45, 2.75) is 19.4 Å². The van der Waals surface area contributed by atoms with Gasteiger partial charge < -0.3 is 10.1 Å². The SMILES string of the molecule is COC(C)CC(=O)Nc1ccccc1. The summed E-state index contributed by atoms with van der Waals surface area (Å²) in [6, 6.07) is 9.39. The summed E-state index contributed by atoms with van der Waals surface area (Å²) in [6.45, 7) is 1.87. The van der Waals surface area contributed by atoms with E-state index in [0.717, 1.165) is 5.69 Å². The van der Waals surface area contributed by atoms with Gasteiger partial charge in [0.25, 0.3) is 0 Å². The van der Waals surface area contributed by atoms with E-state index in [4.69, 9.17) is 4.74 Å². The summed E-state index contributed by atoms with van der Waals surface area (Å²) in [4.78, 5) is 11.4. The van der Waals surface area contributed by atoms with E-state index in [2.05, 4.69) is 5.32 Å². The van der Waals surface area contributed by atoms with Gasteiger partial charge in [0, 0.05) is 12.8 Å². The molecule has 1 atom stereocenters. The fourth-order valence-corrected chi connectivity index (χ4v) is 1.08. The molecule has 0 aliphatic carbocycles. The van der Waals surface area contributed by atoms with E-state index >= 15 is 0 Å². The number of ether oxygens (including phenoxy) is 1. The highest BCUT2D eigenvalue weighted by molar-refractivity contribution is 5.90. The number of carbonyl (C=O) groups is 1. The zero-order chi connectivity index (χ0) is 10.4. The third-order valence-electron chi connectivity index (χ3n) is 1.93. The van der Waals surface area contributed by atoms with Gasteiger partial charge in [-0.25, -0.2) is 0 Å². The van der Waals surface area contributed by atoms with Gasteiger partial charge in [-0.3, -0.25) is 4.79 Å². The van der Waals surface area contributed by atoms with Crippen LogP contribution in [0.1, 0.15) is 13.3 Å². The van der Waals surface area contributed by atoms with Gasteiger partial charge in [0.05, 0.1) is 12.5 Å².